The number of aryl methyl sites for hydroxylation is 1. The van der Waals surface area contributed by atoms with E-state index >= 15 is 0 Å². The number of azo groups is 1. The summed E-state index contributed by atoms with van der Waals surface area (Å²) in [5.74, 6) is 1.22. The van der Waals surface area contributed by atoms with Crippen molar-refractivity contribution in [2.24, 2.45) is 10.2 Å². The molecule has 0 aliphatic rings. The average Bonchev–Trinajstić information content (AvgIpc) is 2.48. The molecule has 0 bridgehead atoms. The second-order valence-electron chi connectivity index (χ2n) is 4.65. The monoisotopic (exact) mass is 286 g/mol. The molecule has 0 atom stereocenters. The van der Waals surface area contributed by atoms with Crippen LogP contribution in [-0.2, 0) is 0 Å². The first-order valence-electron chi connectivity index (χ1n) is 6.49. The van der Waals surface area contributed by atoms with Gasteiger partial charge in [-0.15, -0.1) is 0 Å². The lowest BCUT2D eigenvalue weighted by molar-refractivity contribution is 0.373. The standard InChI is InChI=1S/C16H18N2O3/c1-10-7-13(9-16(21-4)11(10)2)18-17-12-5-6-15(20-3)14(19)8-12/h5-9,19H,1-4H3/b18-17+. The minimum Gasteiger partial charge on any atom is -0.504 e. The Balaban J connectivity index is 2.29. The Bertz CT molecular complexity index is 681. The molecular weight excluding hydrogens is 268 g/mol. The minimum atomic E-state index is 0.0339. The maximum atomic E-state index is 9.70. The first kappa shape index (κ1) is 14.8. The molecule has 0 heterocycles. The summed E-state index contributed by atoms with van der Waals surface area (Å²) in [5, 5.41) is 18.0. The Morgan fingerprint density at radius 1 is 0.857 bits per heavy atom. The van der Waals surface area contributed by atoms with E-state index in [0.717, 1.165) is 16.9 Å². The van der Waals surface area contributed by atoms with Crippen LogP contribution in [0.15, 0.2) is 40.6 Å². The normalized spacial score (nSPS) is 10.9. The van der Waals surface area contributed by atoms with E-state index in [1.165, 1.54) is 13.2 Å². The number of phenolic OH excluding ortho intramolecular Hbond substituents is 1. The van der Waals surface area contributed by atoms with Crippen molar-refractivity contribution in [3.05, 3.63) is 41.5 Å². The van der Waals surface area contributed by atoms with Crippen LogP contribution >= 0.6 is 0 Å². The molecule has 0 saturated heterocycles. The van der Waals surface area contributed by atoms with Gasteiger partial charge >= 0.3 is 0 Å². The number of nitrogens with zero attached hydrogens (tertiary/aromatic N) is 2. The van der Waals surface area contributed by atoms with Crippen LogP contribution in [0, 0.1) is 13.8 Å². The fourth-order valence-corrected chi connectivity index (χ4v) is 1.93. The summed E-state index contributed by atoms with van der Waals surface area (Å²) in [6.45, 7) is 3.99. The number of methoxy groups -OCH3 is 2. The zero-order valence-corrected chi connectivity index (χ0v) is 12.5. The van der Waals surface area contributed by atoms with Crippen molar-refractivity contribution < 1.29 is 14.6 Å². The van der Waals surface area contributed by atoms with Gasteiger partial charge in [-0.1, -0.05) is 0 Å². The van der Waals surface area contributed by atoms with Gasteiger partial charge in [-0.2, -0.15) is 10.2 Å². The van der Waals surface area contributed by atoms with Crippen molar-refractivity contribution in [1.82, 2.24) is 0 Å². The highest BCUT2D eigenvalue weighted by molar-refractivity contribution is 5.53. The van der Waals surface area contributed by atoms with E-state index in [-0.39, 0.29) is 5.75 Å². The van der Waals surface area contributed by atoms with Gasteiger partial charge in [0.05, 0.1) is 25.6 Å². The molecule has 2 aromatic carbocycles. The van der Waals surface area contributed by atoms with Crippen LogP contribution in [0.3, 0.4) is 0 Å². The molecule has 0 spiro atoms. The molecule has 2 aromatic rings. The fourth-order valence-electron chi connectivity index (χ4n) is 1.93. The number of aromatic hydroxyl groups is 1. The zero-order valence-electron chi connectivity index (χ0n) is 12.5. The average molecular weight is 286 g/mol. The van der Waals surface area contributed by atoms with Crippen molar-refractivity contribution in [3.8, 4) is 17.2 Å². The van der Waals surface area contributed by atoms with Gasteiger partial charge in [0, 0.05) is 12.1 Å². The lowest BCUT2D eigenvalue weighted by atomic mass is 10.1. The van der Waals surface area contributed by atoms with Gasteiger partial charge in [0.15, 0.2) is 11.5 Å². The van der Waals surface area contributed by atoms with Crippen molar-refractivity contribution in [2.75, 3.05) is 14.2 Å². The van der Waals surface area contributed by atoms with E-state index in [9.17, 15) is 5.11 Å². The van der Waals surface area contributed by atoms with Crippen LogP contribution in [0.25, 0.3) is 0 Å². The van der Waals surface area contributed by atoms with Crippen molar-refractivity contribution in [3.63, 3.8) is 0 Å². The summed E-state index contributed by atoms with van der Waals surface area (Å²) in [4.78, 5) is 0. The summed E-state index contributed by atoms with van der Waals surface area (Å²) >= 11 is 0. The minimum absolute atomic E-state index is 0.0339. The SMILES string of the molecule is COc1ccc(/N=N/c2cc(C)c(C)c(OC)c2)cc1O. The van der Waals surface area contributed by atoms with Crippen LogP contribution in [0.2, 0.25) is 0 Å². The Morgan fingerprint density at radius 2 is 1.52 bits per heavy atom. The number of hydrogen-bond donors (Lipinski definition) is 1. The molecule has 0 aromatic heterocycles. The summed E-state index contributed by atoms with van der Waals surface area (Å²) in [5.41, 5.74) is 3.41. The van der Waals surface area contributed by atoms with Crippen molar-refractivity contribution in [2.45, 2.75) is 13.8 Å². The Morgan fingerprint density at radius 3 is 2.14 bits per heavy atom. The second-order valence-corrected chi connectivity index (χ2v) is 4.65. The van der Waals surface area contributed by atoms with Crippen LogP contribution in [-0.4, -0.2) is 19.3 Å². The Hall–Kier alpha value is -2.56. The van der Waals surface area contributed by atoms with E-state index in [1.807, 2.05) is 26.0 Å². The summed E-state index contributed by atoms with van der Waals surface area (Å²) < 4.78 is 10.3. The van der Waals surface area contributed by atoms with Gasteiger partial charge in [0.2, 0.25) is 0 Å². The Labute approximate surface area is 123 Å². The Kier molecular flexibility index (Phi) is 4.42. The van der Waals surface area contributed by atoms with Crippen LogP contribution in [0.1, 0.15) is 11.1 Å². The lowest BCUT2D eigenvalue weighted by Crippen LogP contribution is -1.89. The van der Waals surface area contributed by atoms with E-state index in [4.69, 9.17) is 9.47 Å². The topological polar surface area (TPSA) is 63.4 Å². The number of benzene rings is 2. The molecular formula is C16H18N2O3. The number of hydrogen-bond acceptors (Lipinski definition) is 5. The molecule has 2 rings (SSSR count). The highest BCUT2D eigenvalue weighted by Gasteiger charge is 2.05. The van der Waals surface area contributed by atoms with E-state index < -0.39 is 0 Å². The van der Waals surface area contributed by atoms with Crippen LogP contribution < -0.4 is 9.47 Å². The number of phenols is 1. The maximum absolute atomic E-state index is 9.70. The lowest BCUT2D eigenvalue weighted by Gasteiger charge is -2.08. The van der Waals surface area contributed by atoms with E-state index in [1.54, 1.807) is 19.2 Å². The smallest absolute Gasteiger partial charge is 0.160 e. The molecule has 0 saturated carbocycles. The second kappa shape index (κ2) is 6.26. The molecule has 0 aliphatic carbocycles. The van der Waals surface area contributed by atoms with Crippen LogP contribution in [0.4, 0.5) is 11.4 Å². The van der Waals surface area contributed by atoms with E-state index in [0.29, 0.717) is 17.1 Å². The molecule has 0 fully saturated rings. The number of ether oxygens (including phenoxy) is 2. The maximum Gasteiger partial charge on any atom is 0.160 e. The molecule has 0 radical (unpaired) electrons. The van der Waals surface area contributed by atoms with Gasteiger partial charge in [-0.3, -0.25) is 0 Å². The first-order chi connectivity index (χ1) is 10.0. The van der Waals surface area contributed by atoms with Crippen molar-refractivity contribution in [1.29, 1.82) is 0 Å². The quantitative estimate of drug-likeness (QED) is 0.845. The molecule has 0 unspecified atom stereocenters. The third kappa shape index (κ3) is 3.31. The predicted molar refractivity (Wildman–Crippen MR) is 81.3 cm³/mol. The van der Waals surface area contributed by atoms with Gasteiger partial charge < -0.3 is 14.6 Å². The summed E-state index contributed by atoms with van der Waals surface area (Å²) in [6.07, 6.45) is 0. The predicted octanol–water partition coefficient (Wildman–Crippen LogP) is 4.44. The molecule has 1 N–H and O–H groups in total. The molecule has 0 aliphatic heterocycles. The van der Waals surface area contributed by atoms with E-state index in [2.05, 4.69) is 10.2 Å². The third-order valence-corrected chi connectivity index (χ3v) is 3.27. The fraction of sp³-hybridized carbons (Fsp3) is 0.250. The van der Waals surface area contributed by atoms with Gasteiger partial charge in [-0.25, -0.2) is 0 Å². The summed E-state index contributed by atoms with van der Waals surface area (Å²) in [6, 6.07) is 8.63. The molecule has 5 nitrogen and oxygen atoms in total. The molecule has 0 amide bonds. The largest absolute Gasteiger partial charge is 0.504 e. The zero-order chi connectivity index (χ0) is 15.4. The van der Waals surface area contributed by atoms with Crippen LogP contribution in [0.5, 0.6) is 17.2 Å². The van der Waals surface area contributed by atoms with Gasteiger partial charge in [-0.05, 0) is 43.2 Å². The third-order valence-electron chi connectivity index (χ3n) is 3.27. The molecule has 110 valence electrons. The summed E-state index contributed by atoms with van der Waals surface area (Å²) in [7, 11) is 3.13. The van der Waals surface area contributed by atoms with Gasteiger partial charge in [0.1, 0.15) is 5.75 Å². The highest BCUT2D eigenvalue weighted by Crippen LogP contribution is 2.32. The highest BCUT2D eigenvalue weighted by atomic mass is 16.5. The molecule has 5 heteroatoms. The van der Waals surface area contributed by atoms with Gasteiger partial charge in [0.25, 0.3) is 0 Å². The number of rotatable bonds is 4. The molecule has 21 heavy (non-hydrogen) atoms. The van der Waals surface area contributed by atoms with Crippen molar-refractivity contribution >= 4 is 11.4 Å². The first-order valence-corrected chi connectivity index (χ1v) is 6.49.